The molecule has 3 aromatic rings. The Labute approximate surface area is 160 Å². The summed E-state index contributed by atoms with van der Waals surface area (Å²) in [5.74, 6) is 1.22. The maximum Gasteiger partial charge on any atom is 0.144 e. The van der Waals surface area contributed by atoms with Crippen LogP contribution < -0.4 is 4.74 Å². The van der Waals surface area contributed by atoms with E-state index in [0.717, 1.165) is 41.2 Å². The van der Waals surface area contributed by atoms with Crippen LogP contribution in [0.2, 0.25) is 0 Å². The monoisotopic (exact) mass is 362 g/mol. The lowest BCUT2D eigenvalue weighted by Gasteiger charge is -2.31. The third kappa shape index (κ3) is 3.62. The van der Waals surface area contributed by atoms with E-state index < -0.39 is 0 Å². The van der Waals surface area contributed by atoms with Crippen LogP contribution in [0.15, 0.2) is 60.7 Å². The molecule has 0 aliphatic carbocycles. The predicted octanol–water partition coefficient (Wildman–Crippen LogP) is 5.22. The van der Waals surface area contributed by atoms with Crippen molar-refractivity contribution in [2.75, 3.05) is 7.11 Å². The number of benzene rings is 2. The number of aromatic nitrogens is 2. The molecule has 2 heterocycles. The van der Waals surface area contributed by atoms with Crippen LogP contribution in [0.1, 0.15) is 38.3 Å². The van der Waals surface area contributed by atoms with E-state index in [-0.39, 0.29) is 12.2 Å². The van der Waals surface area contributed by atoms with E-state index in [1.807, 2.05) is 28.9 Å². The van der Waals surface area contributed by atoms with Gasteiger partial charge in [0.2, 0.25) is 0 Å². The molecule has 27 heavy (non-hydrogen) atoms. The molecule has 0 saturated carbocycles. The minimum atomic E-state index is 0.260. The van der Waals surface area contributed by atoms with E-state index in [2.05, 4.69) is 50.2 Å². The molecular weight excluding hydrogens is 336 g/mol. The topological polar surface area (TPSA) is 36.3 Å². The van der Waals surface area contributed by atoms with Crippen LogP contribution in [-0.2, 0) is 4.74 Å². The van der Waals surface area contributed by atoms with Gasteiger partial charge in [0.1, 0.15) is 11.4 Å². The third-order valence-corrected chi connectivity index (χ3v) is 5.23. The molecular formula is C23H26N2O2. The van der Waals surface area contributed by atoms with Crippen LogP contribution in [0.5, 0.6) is 5.75 Å². The number of ether oxygens (including phenoxy) is 2. The molecule has 0 amide bonds. The summed E-state index contributed by atoms with van der Waals surface area (Å²) < 4.78 is 13.5. The fraction of sp³-hybridized carbons (Fsp3) is 0.348. The van der Waals surface area contributed by atoms with Crippen molar-refractivity contribution in [2.24, 2.45) is 0 Å². The van der Waals surface area contributed by atoms with Crippen LogP contribution in [-0.4, -0.2) is 29.1 Å². The van der Waals surface area contributed by atoms with Gasteiger partial charge in [-0.05, 0) is 44.9 Å². The molecule has 4 rings (SSSR count). The predicted molar refractivity (Wildman–Crippen MR) is 108 cm³/mol. The van der Waals surface area contributed by atoms with Gasteiger partial charge in [0, 0.05) is 11.5 Å². The number of hydrogen-bond donors (Lipinski definition) is 0. The number of para-hydroxylation sites is 2. The Morgan fingerprint density at radius 3 is 2.33 bits per heavy atom. The van der Waals surface area contributed by atoms with Gasteiger partial charge in [0.25, 0.3) is 0 Å². The fourth-order valence-electron chi connectivity index (χ4n) is 4.05. The molecule has 140 valence electrons. The highest BCUT2D eigenvalue weighted by Gasteiger charge is 2.28. The number of rotatable bonds is 4. The molecule has 0 unspecified atom stereocenters. The number of nitrogens with zero attached hydrogens (tertiary/aromatic N) is 2. The molecule has 0 spiro atoms. The van der Waals surface area contributed by atoms with Gasteiger partial charge in [-0.1, -0.05) is 42.5 Å². The van der Waals surface area contributed by atoms with Crippen molar-refractivity contribution >= 4 is 0 Å². The first-order chi connectivity index (χ1) is 13.2. The van der Waals surface area contributed by atoms with Gasteiger partial charge in [-0.2, -0.15) is 5.10 Å². The van der Waals surface area contributed by atoms with E-state index >= 15 is 0 Å². The minimum Gasteiger partial charge on any atom is -0.494 e. The van der Waals surface area contributed by atoms with Crippen molar-refractivity contribution in [2.45, 2.75) is 44.8 Å². The van der Waals surface area contributed by atoms with Gasteiger partial charge >= 0.3 is 0 Å². The lowest BCUT2D eigenvalue weighted by molar-refractivity contribution is -0.0385. The molecule has 1 saturated heterocycles. The highest BCUT2D eigenvalue weighted by molar-refractivity contribution is 5.64. The van der Waals surface area contributed by atoms with E-state index in [9.17, 15) is 0 Å². The average molecular weight is 362 g/mol. The summed E-state index contributed by atoms with van der Waals surface area (Å²) >= 11 is 0. The van der Waals surface area contributed by atoms with E-state index in [1.165, 1.54) is 0 Å². The summed E-state index contributed by atoms with van der Waals surface area (Å²) in [6, 6.07) is 20.7. The molecule has 1 aliphatic heterocycles. The third-order valence-electron chi connectivity index (χ3n) is 5.23. The highest BCUT2D eigenvalue weighted by Crippen LogP contribution is 2.36. The van der Waals surface area contributed by atoms with Crippen LogP contribution >= 0.6 is 0 Å². The first-order valence-electron chi connectivity index (χ1n) is 9.60. The molecule has 0 bridgehead atoms. The molecule has 1 fully saturated rings. The van der Waals surface area contributed by atoms with Gasteiger partial charge in [-0.25, -0.2) is 4.68 Å². The van der Waals surface area contributed by atoms with E-state index in [0.29, 0.717) is 5.92 Å². The van der Waals surface area contributed by atoms with Crippen LogP contribution in [0.4, 0.5) is 0 Å². The maximum absolute atomic E-state index is 5.93. The Hall–Kier alpha value is -2.59. The Morgan fingerprint density at radius 1 is 0.963 bits per heavy atom. The Morgan fingerprint density at radius 2 is 1.63 bits per heavy atom. The normalized spacial score (nSPS) is 22.6. The van der Waals surface area contributed by atoms with Gasteiger partial charge in [0.15, 0.2) is 0 Å². The molecule has 4 nitrogen and oxygen atoms in total. The summed E-state index contributed by atoms with van der Waals surface area (Å²) in [6.45, 7) is 4.30. The molecule has 0 N–H and O–H groups in total. The smallest absolute Gasteiger partial charge is 0.144 e. The zero-order valence-electron chi connectivity index (χ0n) is 16.1. The molecule has 2 atom stereocenters. The molecule has 1 aromatic heterocycles. The molecule has 1 aliphatic rings. The van der Waals surface area contributed by atoms with Crippen molar-refractivity contribution < 1.29 is 9.47 Å². The zero-order chi connectivity index (χ0) is 18.8. The van der Waals surface area contributed by atoms with Crippen LogP contribution in [0.3, 0.4) is 0 Å². The maximum atomic E-state index is 5.93. The second kappa shape index (κ2) is 7.57. The summed E-state index contributed by atoms with van der Waals surface area (Å²) in [6.07, 6.45) is 2.52. The second-order valence-electron chi connectivity index (χ2n) is 7.33. The lowest BCUT2D eigenvalue weighted by Crippen LogP contribution is -2.28. The Kier molecular flexibility index (Phi) is 4.99. The summed E-state index contributed by atoms with van der Waals surface area (Å²) in [5.41, 5.74) is 4.32. The first-order valence-corrected chi connectivity index (χ1v) is 9.60. The van der Waals surface area contributed by atoms with Gasteiger partial charge in [-0.15, -0.1) is 0 Å². The summed E-state index contributed by atoms with van der Waals surface area (Å²) in [4.78, 5) is 0. The summed E-state index contributed by atoms with van der Waals surface area (Å²) in [7, 11) is 1.70. The molecule has 0 radical (unpaired) electrons. The fourth-order valence-corrected chi connectivity index (χ4v) is 4.05. The van der Waals surface area contributed by atoms with Crippen molar-refractivity contribution in [3.05, 3.63) is 66.4 Å². The lowest BCUT2D eigenvalue weighted by atomic mass is 9.89. The van der Waals surface area contributed by atoms with Crippen molar-refractivity contribution in [3.8, 4) is 22.7 Å². The second-order valence-corrected chi connectivity index (χ2v) is 7.33. The number of hydrogen-bond acceptors (Lipinski definition) is 3. The zero-order valence-corrected chi connectivity index (χ0v) is 16.1. The van der Waals surface area contributed by atoms with E-state index in [1.54, 1.807) is 7.11 Å². The molecule has 4 heteroatoms. The average Bonchev–Trinajstić information content (AvgIpc) is 3.13. The van der Waals surface area contributed by atoms with E-state index in [4.69, 9.17) is 14.6 Å². The standard InChI is InChI=1S/C23H26N2O2/c1-16-13-19(14-17(2)27-16)20-15-22(18-9-5-4-6-10-18)25(24-20)21-11-7-8-12-23(21)26-3/h4-12,15-17,19H,13-14H2,1-3H3/t16-,17-/m0/s1. The molecule has 2 aromatic carbocycles. The first kappa shape index (κ1) is 17.8. The summed E-state index contributed by atoms with van der Waals surface area (Å²) in [5, 5.41) is 5.04. The van der Waals surface area contributed by atoms with Crippen molar-refractivity contribution in [1.29, 1.82) is 0 Å². The Bertz CT molecular complexity index is 894. The quantitative estimate of drug-likeness (QED) is 0.638. The van der Waals surface area contributed by atoms with Gasteiger partial charge in [0.05, 0.1) is 30.7 Å². The van der Waals surface area contributed by atoms with Gasteiger partial charge < -0.3 is 9.47 Å². The minimum absolute atomic E-state index is 0.260. The highest BCUT2D eigenvalue weighted by atomic mass is 16.5. The number of methoxy groups -OCH3 is 1. The van der Waals surface area contributed by atoms with Crippen LogP contribution in [0.25, 0.3) is 16.9 Å². The van der Waals surface area contributed by atoms with Crippen molar-refractivity contribution in [1.82, 2.24) is 9.78 Å². The largest absolute Gasteiger partial charge is 0.494 e. The SMILES string of the molecule is COc1ccccc1-n1nc(C2C[C@H](C)O[C@@H](C)C2)cc1-c1ccccc1. The van der Waals surface area contributed by atoms with Gasteiger partial charge in [-0.3, -0.25) is 0 Å². The van der Waals surface area contributed by atoms with Crippen molar-refractivity contribution in [3.63, 3.8) is 0 Å². The Balaban J connectivity index is 1.83. The van der Waals surface area contributed by atoms with Crippen LogP contribution in [0, 0.1) is 0 Å².